The van der Waals surface area contributed by atoms with Crippen LogP contribution in [0.1, 0.15) is 31.2 Å². The standard InChI is InChI=1S/C21H24N2O/c24-21(22-16-15-18-9-7-8-10-18)23(20-13-5-2-6-14-20)17-19-11-3-1-4-12-19/h1-6,11-16,18H,7-10,17H2,(H,22,24)/b16-15+. The highest BCUT2D eigenvalue weighted by Gasteiger charge is 2.15. The Morgan fingerprint density at radius 2 is 1.62 bits per heavy atom. The maximum absolute atomic E-state index is 12.7. The Morgan fingerprint density at radius 1 is 1.00 bits per heavy atom. The van der Waals surface area contributed by atoms with Gasteiger partial charge < -0.3 is 5.32 Å². The van der Waals surface area contributed by atoms with Crippen LogP contribution in [0, 0.1) is 5.92 Å². The number of rotatable bonds is 5. The van der Waals surface area contributed by atoms with Crippen LogP contribution < -0.4 is 10.2 Å². The fourth-order valence-electron chi connectivity index (χ4n) is 3.14. The molecule has 2 amide bonds. The molecule has 3 heteroatoms. The molecule has 0 spiro atoms. The van der Waals surface area contributed by atoms with Gasteiger partial charge in [0.2, 0.25) is 0 Å². The number of amides is 2. The highest BCUT2D eigenvalue weighted by molar-refractivity contribution is 5.92. The molecule has 0 bridgehead atoms. The van der Waals surface area contributed by atoms with E-state index in [2.05, 4.69) is 11.4 Å². The van der Waals surface area contributed by atoms with Gasteiger partial charge in [-0.05, 0) is 36.5 Å². The summed E-state index contributed by atoms with van der Waals surface area (Å²) in [6, 6.07) is 19.8. The van der Waals surface area contributed by atoms with Gasteiger partial charge in [0.1, 0.15) is 0 Å². The average Bonchev–Trinajstić information content (AvgIpc) is 3.15. The maximum atomic E-state index is 12.7. The van der Waals surface area contributed by atoms with Gasteiger partial charge in [-0.3, -0.25) is 4.90 Å². The van der Waals surface area contributed by atoms with E-state index >= 15 is 0 Å². The minimum absolute atomic E-state index is 0.0979. The van der Waals surface area contributed by atoms with Crippen molar-refractivity contribution in [1.82, 2.24) is 5.32 Å². The molecule has 1 saturated carbocycles. The fourth-order valence-corrected chi connectivity index (χ4v) is 3.14. The number of hydrogen-bond acceptors (Lipinski definition) is 1. The minimum atomic E-state index is -0.0979. The van der Waals surface area contributed by atoms with Gasteiger partial charge in [-0.15, -0.1) is 0 Å². The second-order valence-electron chi connectivity index (χ2n) is 6.26. The number of carbonyl (C=O) groups excluding carboxylic acids is 1. The van der Waals surface area contributed by atoms with Crippen molar-refractivity contribution < 1.29 is 4.79 Å². The van der Waals surface area contributed by atoms with Gasteiger partial charge >= 0.3 is 6.03 Å². The minimum Gasteiger partial charge on any atom is -0.315 e. The molecule has 0 aromatic heterocycles. The van der Waals surface area contributed by atoms with E-state index in [9.17, 15) is 4.79 Å². The molecule has 2 aromatic rings. The molecule has 124 valence electrons. The molecule has 0 atom stereocenters. The Morgan fingerprint density at radius 3 is 2.29 bits per heavy atom. The number of hydrogen-bond donors (Lipinski definition) is 1. The molecule has 1 N–H and O–H groups in total. The Balaban J connectivity index is 1.70. The summed E-state index contributed by atoms with van der Waals surface area (Å²) >= 11 is 0. The van der Waals surface area contributed by atoms with E-state index in [1.165, 1.54) is 25.7 Å². The van der Waals surface area contributed by atoms with Crippen molar-refractivity contribution in [3.63, 3.8) is 0 Å². The first kappa shape index (κ1) is 16.3. The first-order valence-electron chi connectivity index (χ1n) is 8.66. The third kappa shape index (κ3) is 4.48. The molecule has 1 fully saturated rings. The van der Waals surface area contributed by atoms with E-state index in [4.69, 9.17) is 0 Å². The van der Waals surface area contributed by atoms with Gasteiger partial charge in [0, 0.05) is 11.9 Å². The summed E-state index contributed by atoms with van der Waals surface area (Å²) in [5.41, 5.74) is 2.00. The summed E-state index contributed by atoms with van der Waals surface area (Å²) in [7, 11) is 0. The summed E-state index contributed by atoms with van der Waals surface area (Å²) in [5, 5.41) is 2.93. The molecule has 3 rings (SSSR count). The lowest BCUT2D eigenvalue weighted by atomic mass is 10.1. The molecular formula is C21H24N2O. The van der Waals surface area contributed by atoms with Gasteiger partial charge in [-0.2, -0.15) is 0 Å². The molecule has 0 radical (unpaired) electrons. The van der Waals surface area contributed by atoms with Crippen LogP contribution in [0.3, 0.4) is 0 Å². The van der Waals surface area contributed by atoms with E-state index in [1.54, 1.807) is 4.90 Å². The molecule has 1 aliphatic rings. The van der Waals surface area contributed by atoms with E-state index < -0.39 is 0 Å². The third-order valence-electron chi connectivity index (χ3n) is 4.47. The zero-order valence-corrected chi connectivity index (χ0v) is 13.9. The van der Waals surface area contributed by atoms with E-state index in [-0.39, 0.29) is 6.03 Å². The van der Waals surface area contributed by atoms with Crippen molar-refractivity contribution >= 4 is 11.7 Å². The molecule has 2 aromatic carbocycles. The lowest BCUT2D eigenvalue weighted by molar-refractivity contribution is 0.249. The molecule has 24 heavy (non-hydrogen) atoms. The van der Waals surface area contributed by atoms with Crippen LogP contribution in [-0.2, 0) is 6.54 Å². The van der Waals surface area contributed by atoms with Crippen LogP contribution in [0.5, 0.6) is 0 Å². The molecule has 0 saturated heterocycles. The Hall–Kier alpha value is -2.55. The van der Waals surface area contributed by atoms with Crippen LogP contribution in [0.2, 0.25) is 0 Å². The smallest absolute Gasteiger partial charge is 0.315 e. The van der Waals surface area contributed by atoms with E-state index in [0.717, 1.165) is 11.3 Å². The summed E-state index contributed by atoms with van der Waals surface area (Å²) < 4.78 is 0. The van der Waals surface area contributed by atoms with Crippen LogP contribution in [0.25, 0.3) is 0 Å². The van der Waals surface area contributed by atoms with Gasteiger partial charge in [-0.25, -0.2) is 4.79 Å². The fraction of sp³-hybridized carbons (Fsp3) is 0.286. The molecule has 0 unspecified atom stereocenters. The van der Waals surface area contributed by atoms with E-state index in [0.29, 0.717) is 12.5 Å². The second-order valence-corrected chi connectivity index (χ2v) is 6.26. The Labute approximate surface area is 144 Å². The summed E-state index contributed by atoms with van der Waals surface area (Å²) in [5.74, 6) is 0.615. The third-order valence-corrected chi connectivity index (χ3v) is 4.47. The van der Waals surface area contributed by atoms with Crippen molar-refractivity contribution in [2.75, 3.05) is 4.90 Å². The molecule has 0 heterocycles. The first-order chi connectivity index (χ1) is 11.8. The SMILES string of the molecule is O=C(N/C=C/C1CCCC1)N(Cc1ccccc1)c1ccccc1. The number of benzene rings is 2. The van der Waals surface area contributed by atoms with Crippen molar-refractivity contribution in [2.24, 2.45) is 5.92 Å². The lowest BCUT2D eigenvalue weighted by Crippen LogP contribution is -2.37. The normalized spacial score (nSPS) is 14.8. The number of carbonyl (C=O) groups is 1. The Kier molecular flexibility index (Phi) is 5.67. The maximum Gasteiger partial charge on any atom is 0.326 e. The quantitative estimate of drug-likeness (QED) is 0.816. The zero-order valence-electron chi connectivity index (χ0n) is 13.9. The van der Waals surface area contributed by atoms with Gasteiger partial charge in [-0.1, -0.05) is 67.4 Å². The highest BCUT2D eigenvalue weighted by Crippen LogP contribution is 2.25. The van der Waals surface area contributed by atoms with Crippen molar-refractivity contribution in [2.45, 2.75) is 32.2 Å². The summed E-state index contributed by atoms with van der Waals surface area (Å²) in [4.78, 5) is 14.5. The predicted molar refractivity (Wildman–Crippen MR) is 98.7 cm³/mol. The topological polar surface area (TPSA) is 32.3 Å². The van der Waals surface area contributed by atoms with Gasteiger partial charge in [0.25, 0.3) is 0 Å². The lowest BCUT2D eigenvalue weighted by Gasteiger charge is -2.22. The molecular weight excluding hydrogens is 296 g/mol. The molecule has 1 aliphatic carbocycles. The monoisotopic (exact) mass is 320 g/mol. The number of nitrogens with zero attached hydrogens (tertiary/aromatic N) is 1. The first-order valence-corrected chi connectivity index (χ1v) is 8.66. The van der Waals surface area contributed by atoms with Crippen LogP contribution >= 0.6 is 0 Å². The zero-order chi connectivity index (χ0) is 16.6. The Bertz CT molecular complexity index is 661. The number of allylic oxidation sites excluding steroid dienone is 1. The van der Waals surface area contributed by atoms with Gasteiger partial charge in [0.15, 0.2) is 0 Å². The molecule has 3 nitrogen and oxygen atoms in total. The van der Waals surface area contributed by atoms with Crippen LogP contribution in [0.4, 0.5) is 10.5 Å². The number of para-hydroxylation sites is 1. The number of anilines is 1. The summed E-state index contributed by atoms with van der Waals surface area (Å²) in [6.45, 7) is 0.550. The van der Waals surface area contributed by atoms with Crippen molar-refractivity contribution in [1.29, 1.82) is 0 Å². The predicted octanol–water partition coefficient (Wildman–Crippen LogP) is 5.11. The molecule has 0 aliphatic heterocycles. The highest BCUT2D eigenvalue weighted by atomic mass is 16.2. The van der Waals surface area contributed by atoms with E-state index in [1.807, 2.05) is 66.9 Å². The number of urea groups is 1. The van der Waals surface area contributed by atoms with Gasteiger partial charge in [0.05, 0.1) is 6.54 Å². The second kappa shape index (κ2) is 8.34. The van der Waals surface area contributed by atoms with Crippen molar-refractivity contribution in [3.05, 3.63) is 78.5 Å². The average molecular weight is 320 g/mol. The summed E-state index contributed by atoms with van der Waals surface area (Å²) in [6.07, 6.45) is 9.02. The van der Waals surface area contributed by atoms with Crippen LogP contribution in [-0.4, -0.2) is 6.03 Å². The van der Waals surface area contributed by atoms with Crippen molar-refractivity contribution in [3.8, 4) is 0 Å². The largest absolute Gasteiger partial charge is 0.326 e. The van der Waals surface area contributed by atoms with Crippen LogP contribution in [0.15, 0.2) is 72.9 Å². The number of nitrogens with one attached hydrogen (secondary N) is 1.